The molecule has 6 nitrogen and oxygen atoms in total. The lowest BCUT2D eigenvalue weighted by Gasteiger charge is -2.35. The Morgan fingerprint density at radius 3 is 2.44 bits per heavy atom. The highest BCUT2D eigenvalue weighted by Crippen LogP contribution is 2.27. The molecule has 0 N–H and O–H groups in total. The van der Waals surface area contributed by atoms with Crippen LogP contribution in [0.1, 0.15) is 35.5 Å². The van der Waals surface area contributed by atoms with E-state index in [4.69, 9.17) is 4.42 Å². The van der Waals surface area contributed by atoms with E-state index in [9.17, 15) is 10.1 Å². The maximum Gasteiger partial charge on any atom is 0.258 e. The van der Waals surface area contributed by atoms with E-state index in [1.807, 2.05) is 17.0 Å². The molecular formula is C19H24N4O2. The van der Waals surface area contributed by atoms with Crippen LogP contribution in [0.15, 0.2) is 28.9 Å². The zero-order chi connectivity index (χ0) is 18.0. The van der Waals surface area contributed by atoms with Crippen LogP contribution in [-0.4, -0.2) is 53.0 Å². The van der Waals surface area contributed by atoms with Gasteiger partial charge in [0.05, 0.1) is 0 Å². The Balaban J connectivity index is 1.81. The normalized spacial score (nSPS) is 15.6. The van der Waals surface area contributed by atoms with Crippen molar-refractivity contribution in [2.24, 2.45) is 5.92 Å². The van der Waals surface area contributed by atoms with Gasteiger partial charge in [-0.1, -0.05) is 13.8 Å². The number of nitrogens with zero attached hydrogens (tertiary/aromatic N) is 4. The summed E-state index contributed by atoms with van der Waals surface area (Å²) in [6, 6.07) is 5.87. The van der Waals surface area contributed by atoms with Crippen molar-refractivity contribution in [1.29, 1.82) is 5.26 Å². The Bertz CT molecular complexity index is 775. The SMILES string of the molecule is Cc1oc(-n2cccc2)c(C#N)c1C(=O)N1CCN(CC(C)C)CC1. The third kappa shape index (κ3) is 3.47. The molecule has 25 heavy (non-hydrogen) atoms. The highest BCUT2D eigenvalue weighted by molar-refractivity contribution is 5.98. The molecule has 0 radical (unpaired) electrons. The number of amides is 1. The predicted octanol–water partition coefficient (Wildman–Crippen LogP) is 2.66. The molecule has 1 aliphatic rings. The molecule has 0 unspecified atom stereocenters. The molecule has 0 bridgehead atoms. The van der Waals surface area contributed by atoms with Gasteiger partial charge in [0.2, 0.25) is 5.88 Å². The lowest BCUT2D eigenvalue weighted by molar-refractivity contribution is 0.0622. The van der Waals surface area contributed by atoms with Gasteiger partial charge in [-0.2, -0.15) is 5.26 Å². The summed E-state index contributed by atoms with van der Waals surface area (Å²) in [6.07, 6.45) is 3.61. The van der Waals surface area contributed by atoms with Crippen LogP contribution in [0.2, 0.25) is 0 Å². The molecule has 1 saturated heterocycles. The first-order valence-electron chi connectivity index (χ1n) is 8.69. The number of aryl methyl sites for hydroxylation is 1. The molecule has 1 amide bonds. The quantitative estimate of drug-likeness (QED) is 0.858. The average molecular weight is 340 g/mol. The van der Waals surface area contributed by atoms with Gasteiger partial charge < -0.3 is 9.32 Å². The van der Waals surface area contributed by atoms with Crippen molar-refractivity contribution in [3.8, 4) is 12.0 Å². The van der Waals surface area contributed by atoms with E-state index in [-0.39, 0.29) is 5.91 Å². The minimum atomic E-state index is -0.111. The Morgan fingerprint density at radius 2 is 1.88 bits per heavy atom. The molecule has 132 valence electrons. The number of furan rings is 1. The van der Waals surface area contributed by atoms with Gasteiger partial charge in [0.1, 0.15) is 23.0 Å². The molecule has 1 aliphatic heterocycles. The summed E-state index contributed by atoms with van der Waals surface area (Å²) < 4.78 is 7.47. The summed E-state index contributed by atoms with van der Waals surface area (Å²) in [6.45, 7) is 10.3. The number of carbonyl (C=O) groups excluding carboxylic acids is 1. The Hall–Kier alpha value is -2.52. The number of nitriles is 1. The third-order valence-electron chi connectivity index (χ3n) is 4.51. The van der Waals surface area contributed by atoms with E-state index < -0.39 is 0 Å². The molecule has 1 fully saturated rings. The molecule has 0 saturated carbocycles. The number of hydrogen-bond acceptors (Lipinski definition) is 4. The van der Waals surface area contributed by atoms with Gasteiger partial charge in [0.15, 0.2) is 0 Å². The van der Waals surface area contributed by atoms with Gasteiger partial charge in [-0.3, -0.25) is 14.3 Å². The van der Waals surface area contributed by atoms with E-state index in [2.05, 4.69) is 24.8 Å². The van der Waals surface area contributed by atoms with Crippen LogP contribution in [0.3, 0.4) is 0 Å². The van der Waals surface area contributed by atoms with Crippen LogP contribution < -0.4 is 0 Å². The maximum absolute atomic E-state index is 13.0. The summed E-state index contributed by atoms with van der Waals surface area (Å²) in [7, 11) is 0. The summed E-state index contributed by atoms with van der Waals surface area (Å²) in [5, 5.41) is 9.60. The van der Waals surface area contributed by atoms with Gasteiger partial charge >= 0.3 is 0 Å². The summed E-state index contributed by atoms with van der Waals surface area (Å²) >= 11 is 0. The van der Waals surface area contributed by atoms with Crippen molar-refractivity contribution in [3.05, 3.63) is 41.4 Å². The maximum atomic E-state index is 13.0. The average Bonchev–Trinajstić information content (AvgIpc) is 3.21. The topological polar surface area (TPSA) is 65.4 Å². The third-order valence-corrected chi connectivity index (χ3v) is 4.51. The van der Waals surface area contributed by atoms with Crippen molar-refractivity contribution in [2.75, 3.05) is 32.7 Å². The summed E-state index contributed by atoms with van der Waals surface area (Å²) in [5.74, 6) is 1.41. The van der Waals surface area contributed by atoms with Gasteiger partial charge in [-0.05, 0) is 25.0 Å². The second kappa shape index (κ2) is 7.16. The smallest absolute Gasteiger partial charge is 0.258 e. The zero-order valence-electron chi connectivity index (χ0n) is 15.0. The van der Waals surface area contributed by atoms with E-state index in [0.29, 0.717) is 41.8 Å². The van der Waals surface area contributed by atoms with E-state index in [1.54, 1.807) is 23.9 Å². The standard InChI is InChI=1S/C19H24N4O2/c1-14(2)13-21-8-10-22(11-9-21)18(24)17-15(3)25-19(16(17)12-20)23-6-4-5-7-23/h4-7,14H,8-11,13H2,1-3H3. The number of rotatable bonds is 4. The molecular weight excluding hydrogens is 316 g/mol. The van der Waals surface area contributed by atoms with E-state index >= 15 is 0 Å². The fraction of sp³-hybridized carbons (Fsp3) is 0.474. The van der Waals surface area contributed by atoms with Crippen LogP contribution in [0.25, 0.3) is 5.88 Å². The van der Waals surface area contributed by atoms with Crippen LogP contribution in [0, 0.1) is 24.2 Å². The zero-order valence-corrected chi connectivity index (χ0v) is 15.0. The second-order valence-corrected chi connectivity index (χ2v) is 6.90. The first-order valence-corrected chi connectivity index (χ1v) is 8.69. The number of hydrogen-bond donors (Lipinski definition) is 0. The Labute approximate surface area is 148 Å². The van der Waals surface area contributed by atoms with Crippen molar-refractivity contribution in [2.45, 2.75) is 20.8 Å². The lowest BCUT2D eigenvalue weighted by atomic mass is 10.1. The van der Waals surface area contributed by atoms with Crippen LogP contribution >= 0.6 is 0 Å². The molecule has 3 heterocycles. The fourth-order valence-electron chi connectivity index (χ4n) is 3.35. The van der Waals surface area contributed by atoms with Gasteiger partial charge in [-0.15, -0.1) is 0 Å². The van der Waals surface area contributed by atoms with Gasteiger partial charge in [-0.25, -0.2) is 0 Å². The van der Waals surface area contributed by atoms with Crippen molar-refractivity contribution < 1.29 is 9.21 Å². The lowest BCUT2D eigenvalue weighted by Crippen LogP contribution is -2.49. The first kappa shape index (κ1) is 17.3. The van der Waals surface area contributed by atoms with Crippen molar-refractivity contribution in [3.63, 3.8) is 0 Å². The molecule has 2 aromatic heterocycles. The molecule has 0 aromatic carbocycles. The highest BCUT2D eigenvalue weighted by atomic mass is 16.4. The number of piperazine rings is 1. The Kier molecular flexibility index (Phi) is 4.95. The summed E-state index contributed by atoms with van der Waals surface area (Å²) in [4.78, 5) is 17.2. The van der Waals surface area contributed by atoms with Gasteiger partial charge in [0.25, 0.3) is 5.91 Å². The minimum absolute atomic E-state index is 0.111. The first-order chi connectivity index (χ1) is 12.0. The van der Waals surface area contributed by atoms with Crippen LogP contribution in [0.5, 0.6) is 0 Å². The van der Waals surface area contributed by atoms with Crippen molar-refractivity contribution in [1.82, 2.24) is 14.4 Å². The monoisotopic (exact) mass is 340 g/mol. The molecule has 0 aliphatic carbocycles. The molecule has 0 spiro atoms. The largest absolute Gasteiger partial charge is 0.443 e. The fourth-order valence-corrected chi connectivity index (χ4v) is 3.35. The summed E-state index contributed by atoms with van der Waals surface area (Å²) in [5.41, 5.74) is 0.701. The van der Waals surface area contributed by atoms with E-state index in [1.165, 1.54) is 0 Å². The predicted molar refractivity (Wildman–Crippen MR) is 94.7 cm³/mol. The van der Waals surface area contributed by atoms with Crippen LogP contribution in [-0.2, 0) is 0 Å². The minimum Gasteiger partial charge on any atom is -0.443 e. The number of carbonyl (C=O) groups is 1. The highest BCUT2D eigenvalue weighted by Gasteiger charge is 2.30. The molecule has 2 aromatic rings. The van der Waals surface area contributed by atoms with Crippen LogP contribution in [0.4, 0.5) is 0 Å². The van der Waals surface area contributed by atoms with Crippen molar-refractivity contribution >= 4 is 5.91 Å². The van der Waals surface area contributed by atoms with Gasteiger partial charge in [0, 0.05) is 45.1 Å². The molecule has 0 atom stereocenters. The molecule has 3 rings (SSSR count). The molecule has 6 heteroatoms. The Morgan fingerprint density at radius 1 is 1.24 bits per heavy atom. The number of aromatic nitrogens is 1. The second-order valence-electron chi connectivity index (χ2n) is 6.90. The van der Waals surface area contributed by atoms with E-state index in [0.717, 1.165) is 19.6 Å².